The van der Waals surface area contributed by atoms with E-state index in [2.05, 4.69) is 24.3 Å². The molecule has 0 radical (unpaired) electrons. The summed E-state index contributed by atoms with van der Waals surface area (Å²) in [5, 5.41) is 10.7. The van der Waals surface area contributed by atoms with Crippen LogP contribution < -0.4 is 9.47 Å². The molecule has 206 valence electrons. The van der Waals surface area contributed by atoms with Gasteiger partial charge >= 0.3 is 0 Å². The highest BCUT2D eigenvalue weighted by Gasteiger charge is 2.53. The Balaban J connectivity index is 1.32. The minimum absolute atomic E-state index is 0.146. The summed E-state index contributed by atoms with van der Waals surface area (Å²) in [6.45, 7) is 0.146. The number of rotatable bonds is 9. The third-order valence-corrected chi connectivity index (χ3v) is 7.56. The van der Waals surface area contributed by atoms with Crippen LogP contribution in [0, 0.1) is 0 Å². The van der Waals surface area contributed by atoms with Gasteiger partial charge in [-0.2, -0.15) is 0 Å². The Morgan fingerprint density at radius 1 is 0.625 bits per heavy atom. The van der Waals surface area contributed by atoms with Crippen LogP contribution in [0.5, 0.6) is 11.5 Å². The summed E-state index contributed by atoms with van der Waals surface area (Å²) >= 11 is 0. The summed E-state index contributed by atoms with van der Waals surface area (Å²) in [5.41, 5.74) is 2.72. The van der Waals surface area contributed by atoms with Gasteiger partial charge in [0.15, 0.2) is 12.6 Å². The van der Waals surface area contributed by atoms with Crippen LogP contribution in [0.15, 0.2) is 109 Å². The van der Waals surface area contributed by atoms with Crippen molar-refractivity contribution in [2.75, 3.05) is 20.8 Å². The highest BCUT2D eigenvalue weighted by Crippen LogP contribution is 2.44. The van der Waals surface area contributed by atoms with Gasteiger partial charge in [0.05, 0.1) is 20.8 Å². The monoisotopic (exact) mass is 540 g/mol. The highest BCUT2D eigenvalue weighted by atomic mass is 16.8. The van der Waals surface area contributed by atoms with Gasteiger partial charge in [-0.3, -0.25) is 0 Å². The molecule has 0 saturated carbocycles. The summed E-state index contributed by atoms with van der Waals surface area (Å²) in [6, 6.07) is 35.6. The van der Waals surface area contributed by atoms with E-state index in [-0.39, 0.29) is 6.61 Å². The summed E-state index contributed by atoms with van der Waals surface area (Å²) in [7, 11) is 3.27. The van der Waals surface area contributed by atoms with E-state index in [0.717, 1.165) is 33.8 Å². The lowest BCUT2D eigenvalue weighted by atomic mass is 9.80. The molecule has 2 aliphatic rings. The van der Waals surface area contributed by atoms with Crippen molar-refractivity contribution in [3.63, 3.8) is 0 Å². The molecule has 0 aliphatic carbocycles. The average Bonchev–Trinajstić information content (AvgIpc) is 3.59. The molecular weight excluding hydrogens is 508 g/mol. The number of fused-ring (bicyclic) bond motifs is 1. The van der Waals surface area contributed by atoms with E-state index in [1.807, 2.05) is 84.9 Å². The fourth-order valence-corrected chi connectivity index (χ4v) is 5.52. The Hall–Kier alpha value is -3.72. The Morgan fingerprint density at radius 2 is 1.12 bits per heavy atom. The van der Waals surface area contributed by atoms with Crippen LogP contribution in [0.4, 0.5) is 0 Å². The molecule has 0 aromatic heterocycles. The van der Waals surface area contributed by atoms with E-state index in [0.29, 0.717) is 0 Å². The highest BCUT2D eigenvalue weighted by molar-refractivity contribution is 5.48. The number of hydrogen-bond donors (Lipinski definition) is 1. The first kappa shape index (κ1) is 26.5. The predicted octanol–water partition coefficient (Wildman–Crippen LogP) is 5.21. The van der Waals surface area contributed by atoms with E-state index in [4.69, 9.17) is 28.4 Å². The van der Waals surface area contributed by atoms with Crippen LogP contribution in [0.25, 0.3) is 0 Å². The Labute approximate surface area is 233 Å². The van der Waals surface area contributed by atoms with E-state index in [1.165, 1.54) is 0 Å². The van der Waals surface area contributed by atoms with Gasteiger partial charge < -0.3 is 33.5 Å². The first-order chi connectivity index (χ1) is 19.6. The van der Waals surface area contributed by atoms with Crippen LogP contribution in [0.1, 0.15) is 28.5 Å². The largest absolute Gasteiger partial charge is 0.497 e. The Morgan fingerprint density at radius 3 is 1.68 bits per heavy atom. The second-order valence-electron chi connectivity index (χ2n) is 9.82. The third kappa shape index (κ3) is 4.87. The normalized spacial score (nSPS) is 24.0. The molecule has 4 aromatic rings. The van der Waals surface area contributed by atoms with Crippen LogP contribution in [-0.4, -0.2) is 50.5 Å². The Kier molecular flexibility index (Phi) is 7.56. The van der Waals surface area contributed by atoms with Crippen molar-refractivity contribution in [2.24, 2.45) is 0 Å². The second-order valence-corrected chi connectivity index (χ2v) is 9.82. The Bertz CT molecular complexity index is 1340. The van der Waals surface area contributed by atoms with Crippen molar-refractivity contribution in [3.05, 3.63) is 131 Å². The first-order valence-electron chi connectivity index (χ1n) is 13.3. The molecule has 40 heavy (non-hydrogen) atoms. The van der Waals surface area contributed by atoms with Crippen molar-refractivity contribution >= 4 is 0 Å². The standard InChI is InChI=1S/C33H32O7/c1-35-26-17-13-22(14-18-26)32-39-29-28(38-31(34)30(29)40-32)21-37-33(23-9-5-3-6-10-23,24-11-7-4-8-12-24)25-15-19-27(36-2)20-16-25/h3-20,28-32,34H,21H2,1-2H3/t28-,29-,30-,31+,32-/m1/s1. The molecule has 2 heterocycles. The van der Waals surface area contributed by atoms with Gasteiger partial charge in [-0.25, -0.2) is 0 Å². The molecule has 0 spiro atoms. The van der Waals surface area contributed by atoms with Crippen molar-refractivity contribution in [2.45, 2.75) is 36.5 Å². The number of aliphatic hydroxyl groups is 1. The van der Waals surface area contributed by atoms with Gasteiger partial charge in [0.2, 0.25) is 0 Å². The summed E-state index contributed by atoms with van der Waals surface area (Å²) in [6.07, 6.45) is -3.47. The molecule has 0 amide bonds. The van der Waals surface area contributed by atoms with E-state index < -0.39 is 36.5 Å². The maximum Gasteiger partial charge on any atom is 0.185 e. The zero-order valence-electron chi connectivity index (χ0n) is 22.4. The van der Waals surface area contributed by atoms with Crippen LogP contribution >= 0.6 is 0 Å². The molecule has 7 nitrogen and oxygen atoms in total. The third-order valence-electron chi connectivity index (χ3n) is 7.56. The molecule has 1 N–H and O–H groups in total. The zero-order chi connectivity index (χ0) is 27.5. The van der Waals surface area contributed by atoms with Gasteiger partial charge in [-0.1, -0.05) is 84.9 Å². The SMILES string of the molecule is COc1ccc([C@H]2O[C@@H]3[C@H](O2)[C@@H](COC(c2ccccc2)(c2ccccc2)c2ccc(OC)cc2)O[C@@H]3O)cc1. The number of benzene rings is 4. The van der Waals surface area contributed by atoms with Gasteiger partial charge in [0, 0.05) is 5.56 Å². The molecule has 0 bridgehead atoms. The summed E-state index contributed by atoms with van der Waals surface area (Å²) in [4.78, 5) is 0. The van der Waals surface area contributed by atoms with Crippen LogP contribution in [0.2, 0.25) is 0 Å². The van der Waals surface area contributed by atoms with Gasteiger partial charge in [-0.15, -0.1) is 0 Å². The number of aliphatic hydroxyl groups excluding tert-OH is 1. The maximum atomic E-state index is 10.7. The van der Waals surface area contributed by atoms with Crippen LogP contribution in [-0.2, 0) is 24.5 Å². The first-order valence-corrected chi connectivity index (χ1v) is 13.3. The molecule has 7 heteroatoms. The molecular formula is C33H32O7. The minimum Gasteiger partial charge on any atom is -0.497 e. The summed E-state index contributed by atoms with van der Waals surface area (Å²) < 4.78 is 35.9. The predicted molar refractivity (Wildman–Crippen MR) is 148 cm³/mol. The van der Waals surface area contributed by atoms with Crippen molar-refractivity contribution < 1.29 is 33.5 Å². The minimum atomic E-state index is -1.13. The molecule has 2 saturated heterocycles. The van der Waals surface area contributed by atoms with Crippen molar-refractivity contribution in [1.29, 1.82) is 0 Å². The maximum absolute atomic E-state index is 10.7. The van der Waals surface area contributed by atoms with Gasteiger partial charge in [0.25, 0.3) is 0 Å². The molecule has 2 fully saturated rings. The topological polar surface area (TPSA) is 75.6 Å². The lowest BCUT2D eigenvalue weighted by molar-refractivity contribution is -0.197. The lowest BCUT2D eigenvalue weighted by Crippen LogP contribution is -2.39. The molecule has 4 aromatic carbocycles. The second kappa shape index (κ2) is 11.4. The lowest BCUT2D eigenvalue weighted by Gasteiger charge is -2.37. The number of methoxy groups -OCH3 is 2. The summed E-state index contributed by atoms with van der Waals surface area (Å²) in [5.74, 6) is 1.50. The fraction of sp³-hybridized carbons (Fsp3) is 0.273. The van der Waals surface area contributed by atoms with E-state index >= 15 is 0 Å². The van der Waals surface area contributed by atoms with Crippen molar-refractivity contribution in [3.8, 4) is 11.5 Å². The average molecular weight is 541 g/mol. The quantitative estimate of drug-likeness (QED) is 0.292. The van der Waals surface area contributed by atoms with Gasteiger partial charge in [0.1, 0.15) is 35.4 Å². The van der Waals surface area contributed by atoms with E-state index in [9.17, 15) is 5.11 Å². The van der Waals surface area contributed by atoms with Gasteiger partial charge in [-0.05, 0) is 41.0 Å². The van der Waals surface area contributed by atoms with E-state index in [1.54, 1.807) is 14.2 Å². The molecule has 2 aliphatic heterocycles. The zero-order valence-corrected chi connectivity index (χ0v) is 22.4. The fourth-order valence-electron chi connectivity index (χ4n) is 5.52. The number of hydrogen-bond acceptors (Lipinski definition) is 7. The smallest absolute Gasteiger partial charge is 0.185 e. The number of ether oxygens (including phenoxy) is 6. The van der Waals surface area contributed by atoms with Crippen LogP contribution in [0.3, 0.4) is 0 Å². The molecule has 6 rings (SSSR count). The molecule has 0 unspecified atom stereocenters. The van der Waals surface area contributed by atoms with Crippen molar-refractivity contribution in [1.82, 2.24) is 0 Å². The molecule has 5 atom stereocenters.